The molecule has 3 heterocycles. The van der Waals surface area contributed by atoms with Crippen molar-refractivity contribution in [2.45, 2.75) is 63.5 Å². The Labute approximate surface area is 351 Å². The van der Waals surface area contributed by atoms with Crippen LogP contribution in [0.25, 0.3) is 10.8 Å². The molecule has 1 atom stereocenters. The van der Waals surface area contributed by atoms with Crippen LogP contribution in [0.15, 0.2) is 59.6 Å². The van der Waals surface area contributed by atoms with Crippen LogP contribution in [0, 0.1) is 0 Å². The highest BCUT2D eigenvalue weighted by Crippen LogP contribution is 2.55. The highest BCUT2D eigenvalue weighted by Gasteiger charge is 2.58. The zero-order valence-corrected chi connectivity index (χ0v) is 35.3. The number of methoxy groups -OCH3 is 1. The van der Waals surface area contributed by atoms with Gasteiger partial charge in [0, 0.05) is 87.8 Å². The van der Waals surface area contributed by atoms with Crippen molar-refractivity contribution >= 4 is 57.9 Å². The molecular weight excluding hydrogens is 773 g/mol. The van der Waals surface area contributed by atoms with Crippen molar-refractivity contribution in [2.24, 2.45) is 4.99 Å². The number of fused-ring (bicyclic) bond motifs is 4. The van der Waals surface area contributed by atoms with Crippen LogP contribution in [0.2, 0.25) is 0 Å². The number of hydrogen-bond donors (Lipinski definition) is 0. The monoisotopic (exact) mass is 830 g/mol. The van der Waals surface area contributed by atoms with E-state index in [2.05, 4.69) is 67.1 Å². The summed E-state index contributed by atoms with van der Waals surface area (Å²) in [6.07, 6.45) is 3.40. The van der Waals surface area contributed by atoms with Gasteiger partial charge in [0.05, 0.1) is 51.1 Å². The molecule has 3 aromatic rings. The van der Waals surface area contributed by atoms with E-state index >= 15 is 0 Å². The number of para-hydroxylation sites is 1. The van der Waals surface area contributed by atoms with Crippen molar-refractivity contribution in [2.75, 3.05) is 103 Å². The molecule has 15 nitrogen and oxygen atoms in total. The fourth-order valence-electron chi connectivity index (χ4n) is 7.97. The Morgan fingerprint density at radius 2 is 1.25 bits per heavy atom. The van der Waals surface area contributed by atoms with Gasteiger partial charge in [-0.25, -0.2) is 0 Å². The molecule has 60 heavy (non-hydrogen) atoms. The lowest BCUT2D eigenvalue weighted by Crippen LogP contribution is -2.61. The highest BCUT2D eigenvalue weighted by molar-refractivity contribution is 6.06. The number of esters is 3. The van der Waals surface area contributed by atoms with E-state index in [9.17, 15) is 19.2 Å². The molecule has 3 aromatic carbocycles. The smallest absolute Gasteiger partial charge is 0.306 e. The molecule has 1 amide bonds. The Balaban J connectivity index is 0.864. The first-order valence-electron chi connectivity index (χ1n) is 20.8. The number of nitrogens with zero attached hydrogens (tertiary/aromatic N) is 4. The lowest BCUT2D eigenvalue weighted by Gasteiger charge is -2.45. The van der Waals surface area contributed by atoms with Gasteiger partial charge in [-0.1, -0.05) is 42.5 Å². The number of unbranched alkanes of at least 4 members (excludes halogenated alkanes) is 1. The van der Waals surface area contributed by atoms with Crippen molar-refractivity contribution < 1.29 is 52.3 Å². The fourth-order valence-corrected chi connectivity index (χ4v) is 7.97. The van der Waals surface area contributed by atoms with Gasteiger partial charge in [-0.3, -0.25) is 24.2 Å². The number of benzene rings is 3. The molecule has 6 rings (SSSR count). The van der Waals surface area contributed by atoms with Crippen LogP contribution >= 0.6 is 0 Å². The van der Waals surface area contributed by atoms with Gasteiger partial charge in [0.25, 0.3) is 0 Å². The van der Waals surface area contributed by atoms with Crippen LogP contribution in [0.3, 0.4) is 0 Å². The Bertz CT molecular complexity index is 2000. The van der Waals surface area contributed by atoms with Gasteiger partial charge in [0.15, 0.2) is 5.75 Å². The first-order chi connectivity index (χ1) is 29.1. The van der Waals surface area contributed by atoms with E-state index < -0.39 is 11.7 Å². The third kappa shape index (κ3) is 10.4. The zero-order chi connectivity index (χ0) is 42.5. The third-order valence-electron chi connectivity index (χ3n) is 11.4. The first-order valence-corrected chi connectivity index (χ1v) is 20.8. The van der Waals surface area contributed by atoms with E-state index in [1.54, 1.807) is 12.0 Å². The quantitative estimate of drug-likeness (QED) is 0.0770. The predicted octanol–water partition coefficient (Wildman–Crippen LogP) is 5.36. The largest absolute Gasteiger partial charge is 0.463 e. The minimum atomic E-state index is -0.802. The highest BCUT2D eigenvalue weighted by atomic mass is 16.6. The summed E-state index contributed by atoms with van der Waals surface area (Å²) in [5.74, 6) is -0.559. The lowest BCUT2D eigenvalue weighted by molar-refractivity contribution is -0.149. The van der Waals surface area contributed by atoms with Crippen LogP contribution in [0.4, 0.5) is 17.1 Å². The number of amides is 1. The minimum absolute atomic E-state index is 0.0264. The van der Waals surface area contributed by atoms with E-state index in [4.69, 9.17) is 38.2 Å². The Hall–Kier alpha value is -5.25. The fraction of sp³-hybridized carbons (Fsp3) is 0.533. The maximum Gasteiger partial charge on any atom is 0.306 e. The molecule has 15 heteroatoms. The number of carbonyl (C=O) groups is 4. The second-order valence-electron chi connectivity index (χ2n) is 15.5. The third-order valence-corrected chi connectivity index (χ3v) is 11.4. The standard InChI is InChI=1S/C45H58N4O11/c1-44(2)35-13-7-8-14-36(35)47(3)45(44)32-46-43-34-12-6-5-11-33(34)37(31-38(43)60-45)48-19-21-49(22-20-48)39(50)17-18-42(53)59-30-27-56-26-29-58-41(52)16-10-9-15-40(51)57-28-25-55-24-23-54-4/h5-8,11-14,31-32H,9-10,15-30H2,1-4H3. The Morgan fingerprint density at radius 3 is 1.87 bits per heavy atom. The molecule has 3 aliphatic rings. The van der Waals surface area contributed by atoms with Crippen LogP contribution < -0.4 is 14.5 Å². The average molecular weight is 831 g/mol. The van der Waals surface area contributed by atoms with Gasteiger partial charge in [-0.2, -0.15) is 0 Å². The number of aliphatic imine (C=N–C) groups is 1. The summed E-state index contributed by atoms with van der Waals surface area (Å²) in [5.41, 5.74) is 3.00. The summed E-state index contributed by atoms with van der Waals surface area (Å²) in [4.78, 5) is 60.5. The topological polar surface area (TPSA) is 155 Å². The number of rotatable bonds is 21. The summed E-state index contributed by atoms with van der Waals surface area (Å²) in [5, 5.41) is 2.08. The minimum Gasteiger partial charge on any atom is -0.463 e. The molecular formula is C45H58N4O11. The molecule has 0 aliphatic carbocycles. The molecule has 1 fully saturated rings. The van der Waals surface area contributed by atoms with Crippen LogP contribution in [0.5, 0.6) is 5.75 Å². The second kappa shape index (κ2) is 20.8. The molecule has 324 valence electrons. The average Bonchev–Trinajstić information content (AvgIpc) is 3.42. The van der Waals surface area contributed by atoms with Gasteiger partial charge in [-0.15, -0.1) is 0 Å². The molecule has 0 N–H and O–H groups in total. The number of likely N-dealkylation sites (N-methyl/N-ethyl adjacent to an activating group) is 1. The molecule has 1 saturated heterocycles. The second-order valence-corrected chi connectivity index (χ2v) is 15.5. The number of ether oxygens (including phenoxy) is 7. The molecule has 1 spiro atoms. The van der Waals surface area contributed by atoms with Crippen molar-refractivity contribution in [1.82, 2.24) is 4.90 Å². The SMILES string of the molecule is COCCOCCOC(=O)CCCCC(=O)OCCOCCOC(=O)CCC(=O)N1CCN(c2cc3c(c4ccccc24)N=CC2(O3)N(C)c3ccccc3C2(C)C)CC1. The number of carbonyl (C=O) groups excluding carboxylic acids is 4. The maximum atomic E-state index is 13.1. The molecule has 0 aromatic heterocycles. The van der Waals surface area contributed by atoms with Crippen LogP contribution in [-0.4, -0.2) is 134 Å². The van der Waals surface area contributed by atoms with Gasteiger partial charge >= 0.3 is 17.9 Å². The van der Waals surface area contributed by atoms with E-state index in [0.717, 1.165) is 33.6 Å². The van der Waals surface area contributed by atoms with Gasteiger partial charge in [-0.05, 0) is 38.3 Å². The van der Waals surface area contributed by atoms with E-state index in [0.29, 0.717) is 58.8 Å². The van der Waals surface area contributed by atoms with E-state index in [1.165, 1.54) is 5.56 Å². The molecule has 0 saturated carbocycles. The van der Waals surface area contributed by atoms with Gasteiger partial charge in [0.2, 0.25) is 11.6 Å². The Kier molecular flexibility index (Phi) is 15.4. The number of piperazine rings is 1. The Morgan fingerprint density at radius 1 is 0.683 bits per heavy atom. The zero-order valence-electron chi connectivity index (χ0n) is 35.3. The van der Waals surface area contributed by atoms with E-state index in [-0.39, 0.29) is 82.0 Å². The summed E-state index contributed by atoms with van der Waals surface area (Å²) < 4.78 is 38.0. The summed E-state index contributed by atoms with van der Waals surface area (Å²) >= 11 is 0. The van der Waals surface area contributed by atoms with Gasteiger partial charge in [0.1, 0.15) is 25.5 Å². The lowest BCUT2D eigenvalue weighted by atomic mass is 9.77. The van der Waals surface area contributed by atoms with Crippen molar-refractivity contribution in [1.29, 1.82) is 0 Å². The summed E-state index contributed by atoms with van der Waals surface area (Å²) in [7, 11) is 3.64. The van der Waals surface area contributed by atoms with E-state index in [1.807, 2.05) is 24.4 Å². The first kappa shape index (κ1) is 44.3. The van der Waals surface area contributed by atoms with Crippen LogP contribution in [0.1, 0.15) is 57.9 Å². The predicted molar refractivity (Wildman–Crippen MR) is 226 cm³/mol. The van der Waals surface area contributed by atoms with Crippen LogP contribution in [-0.2, 0) is 53.0 Å². The molecule has 0 radical (unpaired) electrons. The molecule has 0 bridgehead atoms. The maximum absolute atomic E-state index is 13.1. The molecule has 1 unspecified atom stereocenters. The normalized spacial score (nSPS) is 17.6. The van der Waals surface area contributed by atoms with Crippen molar-refractivity contribution in [3.05, 3.63) is 60.2 Å². The number of hydrogen-bond acceptors (Lipinski definition) is 14. The van der Waals surface area contributed by atoms with Crippen molar-refractivity contribution in [3.8, 4) is 5.75 Å². The summed E-state index contributed by atoms with van der Waals surface area (Å²) in [6.45, 7) is 8.49. The number of anilines is 2. The van der Waals surface area contributed by atoms with Crippen molar-refractivity contribution in [3.63, 3.8) is 0 Å². The van der Waals surface area contributed by atoms with Gasteiger partial charge < -0.3 is 47.9 Å². The molecule has 3 aliphatic heterocycles. The summed E-state index contributed by atoms with van der Waals surface area (Å²) in [6, 6.07) is 18.7.